The number of fused-ring (bicyclic) bond motifs is 1. The maximum Gasteiger partial charge on any atom is 0.410 e. The van der Waals surface area contributed by atoms with Crippen molar-refractivity contribution in [1.82, 2.24) is 9.80 Å². The average molecular weight is 346 g/mol. The number of likely N-dealkylation sites (tertiary alicyclic amines) is 1. The van der Waals surface area contributed by atoms with E-state index in [2.05, 4.69) is 29.2 Å². The minimum absolute atomic E-state index is 0.0980. The maximum absolute atomic E-state index is 12.3. The largest absolute Gasteiger partial charge is 0.444 e. The Bertz CT molecular complexity index is 611. The molecule has 2 aliphatic rings. The Morgan fingerprint density at radius 2 is 1.80 bits per heavy atom. The highest BCUT2D eigenvalue weighted by Gasteiger charge is 2.33. The van der Waals surface area contributed by atoms with Gasteiger partial charge in [0.2, 0.25) is 0 Å². The number of amides is 1. The molecule has 5 nitrogen and oxygen atoms in total. The standard InChI is InChI=1S/C20H30N2O3/c1-20(2,3)25-19(24)21-12-9-17(18(23)10-13-21)22-11-8-15-6-4-5-7-16(15)14-22/h4-7,17-18,23H,8-14H2,1-3H3/t17-,18-/m1/s1. The molecule has 0 unspecified atom stereocenters. The van der Waals surface area contributed by atoms with Gasteiger partial charge in [0.15, 0.2) is 0 Å². The van der Waals surface area contributed by atoms with Crippen molar-refractivity contribution in [3.05, 3.63) is 35.4 Å². The molecule has 0 bridgehead atoms. The van der Waals surface area contributed by atoms with Gasteiger partial charge in [0.25, 0.3) is 0 Å². The fourth-order valence-electron chi connectivity index (χ4n) is 3.81. The molecule has 0 radical (unpaired) electrons. The summed E-state index contributed by atoms with van der Waals surface area (Å²) >= 11 is 0. The van der Waals surface area contributed by atoms with E-state index in [-0.39, 0.29) is 12.1 Å². The topological polar surface area (TPSA) is 53.0 Å². The fourth-order valence-corrected chi connectivity index (χ4v) is 3.81. The number of aliphatic hydroxyl groups excluding tert-OH is 1. The van der Waals surface area contributed by atoms with Crippen molar-refractivity contribution in [3.8, 4) is 0 Å². The van der Waals surface area contributed by atoms with Crippen molar-refractivity contribution in [2.24, 2.45) is 0 Å². The first-order valence-corrected chi connectivity index (χ1v) is 9.30. The molecule has 3 rings (SSSR count). The van der Waals surface area contributed by atoms with Crippen LogP contribution in [-0.4, -0.2) is 58.4 Å². The zero-order valence-corrected chi connectivity index (χ0v) is 15.6. The van der Waals surface area contributed by atoms with Crippen molar-refractivity contribution in [2.75, 3.05) is 19.6 Å². The van der Waals surface area contributed by atoms with Crippen LogP contribution in [0.4, 0.5) is 4.79 Å². The van der Waals surface area contributed by atoms with Gasteiger partial charge in [0.1, 0.15) is 5.60 Å². The molecular weight excluding hydrogens is 316 g/mol. The van der Waals surface area contributed by atoms with Crippen LogP contribution in [0.2, 0.25) is 0 Å². The minimum atomic E-state index is -0.488. The summed E-state index contributed by atoms with van der Waals surface area (Å²) in [6, 6.07) is 8.64. The van der Waals surface area contributed by atoms with Crippen LogP contribution in [0.3, 0.4) is 0 Å². The predicted octanol–water partition coefficient (Wildman–Crippen LogP) is 2.81. The van der Waals surface area contributed by atoms with E-state index in [1.54, 1.807) is 4.90 Å². The molecule has 1 aromatic carbocycles. The summed E-state index contributed by atoms with van der Waals surface area (Å²) in [5.41, 5.74) is 2.28. The van der Waals surface area contributed by atoms with Gasteiger partial charge in [-0.05, 0) is 51.2 Å². The molecule has 1 saturated heterocycles. The molecule has 1 fully saturated rings. The SMILES string of the molecule is CC(C)(C)OC(=O)N1CC[C@@H](O)[C@H](N2CCc3ccccc3C2)CC1. The molecule has 5 heteroatoms. The van der Waals surface area contributed by atoms with E-state index in [0.29, 0.717) is 19.5 Å². The Labute approximate surface area is 150 Å². The van der Waals surface area contributed by atoms with Crippen molar-refractivity contribution in [1.29, 1.82) is 0 Å². The maximum atomic E-state index is 12.3. The summed E-state index contributed by atoms with van der Waals surface area (Å²) in [7, 11) is 0. The van der Waals surface area contributed by atoms with Crippen LogP contribution in [0.15, 0.2) is 24.3 Å². The van der Waals surface area contributed by atoms with Gasteiger partial charge in [0.05, 0.1) is 6.10 Å². The highest BCUT2D eigenvalue weighted by molar-refractivity contribution is 5.68. The van der Waals surface area contributed by atoms with E-state index in [0.717, 1.165) is 25.9 Å². The van der Waals surface area contributed by atoms with Gasteiger partial charge >= 0.3 is 6.09 Å². The van der Waals surface area contributed by atoms with Crippen LogP contribution in [0.1, 0.15) is 44.7 Å². The second kappa shape index (κ2) is 7.34. The lowest BCUT2D eigenvalue weighted by Crippen LogP contribution is -2.46. The van der Waals surface area contributed by atoms with Crippen LogP contribution in [0.25, 0.3) is 0 Å². The van der Waals surface area contributed by atoms with E-state index in [4.69, 9.17) is 4.74 Å². The Morgan fingerprint density at radius 3 is 2.52 bits per heavy atom. The Morgan fingerprint density at radius 1 is 1.12 bits per heavy atom. The van der Waals surface area contributed by atoms with Crippen molar-refractivity contribution in [2.45, 2.75) is 64.3 Å². The quantitative estimate of drug-likeness (QED) is 0.850. The Kier molecular flexibility index (Phi) is 5.35. The van der Waals surface area contributed by atoms with Crippen LogP contribution in [0, 0.1) is 0 Å². The van der Waals surface area contributed by atoms with E-state index in [9.17, 15) is 9.90 Å². The molecule has 2 heterocycles. The molecule has 1 N–H and O–H groups in total. The molecule has 0 aromatic heterocycles. The molecule has 1 aromatic rings. The van der Waals surface area contributed by atoms with Crippen LogP contribution < -0.4 is 0 Å². The van der Waals surface area contributed by atoms with E-state index < -0.39 is 11.7 Å². The second-order valence-electron chi connectivity index (χ2n) is 8.17. The molecule has 138 valence electrons. The smallest absolute Gasteiger partial charge is 0.410 e. The van der Waals surface area contributed by atoms with Crippen molar-refractivity contribution < 1.29 is 14.6 Å². The van der Waals surface area contributed by atoms with Gasteiger partial charge in [-0.15, -0.1) is 0 Å². The number of carbonyl (C=O) groups excluding carboxylic acids is 1. The third-order valence-electron chi connectivity index (χ3n) is 5.11. The highest BCUT2D eigenvalue weighted by atomic mass is 16.6. The first kappa shape index (κ1) is 18.2. The molecule has 0 aliphatic carbocycles. The van der Waals surface area contributed by atoms with Gasteiger partial charge in [-0.1, -0.05) is 24.3 Å². The van der Waals surface area contributed by atoms with E-state index in [1.807, 2.05) is 20.8 Å². The van der Waals surface area contributed by atoms with Gasteiger partial charge in [-0.25, -0.2) is 4.79 Å². The van der Waals surface area contributed by atoms with Crippen molar-refractivity contribution >= 4 is 6.09 Å². The third-order valence-corrected chi connectivity index (χ3v) is 5.11. The fraction of sp³-hybridized carbons (Fsp3) is 0.650. The van der Waals surface area contributed by atoms with E-state index >= 15 is 0 Å². The normalized spacial score (nSPS) is 25.2. The number of hydrogen-bond donors (Lipinski definition) is 1. The molecule has 0 saturated carbocycles. The number of carbonyl (C=O) groups is 1. The summed E-state index contributed by atoms with van der Waals surface area (Å²) in [5, 5.41) is 10.7. The van der Waals surface area contributed by atoms with Crippen LogP contribution >= 0.6 is 0 Å². The molecule has 0 spiro atoms. The second-order valence-corrected chi connectivity index (χ2v) is 8.17. The minimum Gasteiger partial charge on any atom is -0.444 e. The number of rotatable bonds is 1. The van der Waals surface area contributed by atoms with Gasteiger partial charge in [-0.2, -0.15) is 0 Å². The first-order valence-electron chi connectivity index (χ1n) is 9.30. The monoisotopic (exact) mass is 346 g/mol. The lowest BCUT2D eigenvalue weighted by Gasteiger charge is -2.37. The zero-order valence-electron chi connectivity index (χ0n) is 15.6. The lowest BCUT2D eigenvalue weighted by molar-refractivity contribution is 0.0251. The molecular formula is C20H30N2O3. The van der Waals surface area contributed by atoms with Crippen LogP contribution in [-0.2, 0) is 17.7 Å². The summed E-state index contributed by atoms with van der Waals surface area (Å²) in [5.74, 6) is 0. The number of ether oxygens (including phenoxy) is 1. The summed E-state index contributed by atoms with van der Waals surface area (Å²) in [4.78, 5) is 16.5. The number of hydrogen-bond acceptors (Lipinski definition) is 4. The summed E-state index contributed by atoms with van der Waals surface area (Å²) < 4.78 is 5.49. The summed E-state index contributed by atoms with van der Waals surface area (Å²) in [6.07, 6.45) is 1.72. The first-order chi connectivity index (χ1) is 11.8. The number of aliphatic hydroxyl groups is 1. The molecule has 25 heavy (non-hydrogen) atoms. The highest BCUT2D eigenvalue weighted by Crippen LogP contribution is 2.25. The molecule has 2 aliphatic heterocycles. The Balaban J connectivity index is 1.63. The Hall–Kier alpha value is -1.59. The van der Waals surface area contributed by atoms with Crippen molar-refractivity contribution in [3.63, 3.8) is 0 Å². The zero-order chi connectivity index (χ0) is 18.0. The number of benzene rings is 1. The lowest BCUT2D eigenvalue weighted by atomic mass is 9.96. The summed E-state index contributed by atoms with van der Waals surface area (Å²) in [6.45, 7) is 8.67. The predicted molar refractivity (Wildman–Crippen MR) is 97.4 cm³/mol. The van der Waals surface area contributed by atoms with Gasteiger partial charge in [-0.3, -0.25) is 4.90 Å². The molecule has 1 amide bonds. The average Bonchev–Trinajstić information content (AvgIpc) is 2.75. The van der Waals surface area contributed by atoms with E-state index in [1.165, 1.54) is 11.1 Å². The number of nitrogens with zero attached hydrogens (tertiary/aromatic N) is 2. The van der Waals surface area contributed by atoms with Crippen LogP contribution in [0.5, 0.6) is 0 Å². The van der Waals surface area contributed by atoms with Gasteiger partial charge < -0.3 is 14.7 Å². The third kappa shape index (κ3) is 4.53. The van der Waals surface area contributed by atoms with Gasteiger partial charge in [0, 0.05) is 32.2 Å². The molecule has 2 atom stereocenters.